The maximum absolute atomic E-state index is 11.7. The second-order valence-electron chi connectivity index (χ2n) is 6.01. The van der Waals surface area contributed by atoms with Gasteiger partial charge in [0, 0.05) is 13.0 Å². The molecule has 2 rings (SSSR count). The Morgan fingerprint density at radius 2 is 2.11 bits per heavy atom. The highest BCUT2D eigenvalue weighted by Gasteiger charge is 2.31. The zero-order valence-electron chi connectivity index (χ0n) is 11.5. The van der Waals surface area contributed by atoms with Crippen LogP contribution in [-0.2, 0) is 9.53 Å². The van der Waals surface area contributed by atoms with Crippen LogP contribution in [0.2, 0.25) is 0 Å². The number of nitrogens with one attached hydrogen (secondary N) is 2. The van der Waals surface area contributed by atoms with Crippen molar-refractivity contribution < 1.29 is 9.53 Å². The molecule has 1 saturated heterocycles. The van der Waals surface area contributed by atoms with Gasteiger partial charge in [-0.3, -0.25) is 4.79 Å². The number of ether oxygens (including phenoxy) is 1. The summed E-state index contributed by atoms with van der Waals surface area (Å²) >= 11 is 0. The van der Waals surface area contributed by atoms with Gasteiger partial charge in [-0.2, -0.15) is 0 Å². The van der Waals surface area contributed by atoms with Crippen LogP contribution in [0, 0.1) is 5.41 Å². The van der Waals surface area contributed by atoms with E-state index in [0.717, 1.165) is 32.5 Å². The zero-order chi connectivity index (χ0) is 12.8. The fourth-order valence-electron chi connectivity index (χ4n) is 2.64. The van der Waals surface area contributed by atoms with E-state index < -0.39 is 0 Å². The number of hydrogen-bond acceptors (Lipinski definition) is 3. The van der Waals surface area contributed by atoms with E-state index in [-0.39, 0.29) is 5.91 Å². The molecule has 0 unspecified atom stereocenters. The number of amides is 1. The third kappa shape index (κ3) is 4.25. The van der Waals surface area contributed by atoms with Crippen LogP contribution in [0.4, 0.5) is 0 Å². The Morgan fingerprint density at radius 3 is 2.72 bits per heavy atom. The molecule has 0 aromatic carbocycles. The number of carbonyl (C=O) groups is 1. The normalized spacial score (nSPS) is 23.4. The van der Waals surface area contributed by atoms with Gasteiger partial charge in [-0.1, -0.05) is 13.3 Å². The van der Waals surface area contributed by atoms with Crippen molar-refractivity contribution in [1.29, 1.82) is 0 Å². The minimum atomic E-state index is 0.136. The molecule has 2 N–H and O–H groups in total. The highest BCUT2D eigenvalue weighted by Crippen LogP contribution is 2.39. The Labute approximate surface area is 110 Å². The van der Waals surface area contributed by atoms with Crippen LogP contribution in [0.1, 0.15) is 45.4 Å². The number of rotatable bonds is 6. The highest BCUT2D eigenvalue weighted by atomic mass is 16.5. The fraction of sp³-hybridized carbons (Fsp3) is 0.929. The number of piperidine rings is 1. The quantitative estimate of drug-likeness (QED) is 0.754. The van der Waals surface area contributed by atoms with E-state index in [4.69, 9.17) is 4.74 Å². The van der Waals surface area contributed by atoms with Gasteiger partial charge in [-0.25, -0.2) is 0 Å². The monoisotopic (exact) mass is 254 g/mol. The molecule has 0 radical (unpaired) electrons. The molecule has 0 aromatic heterocycles. The Hall–Kier alpha value is -0.610. The predicted octanol–water partition coefficient (Wildman–Crippen LogP) is 1.45. The van der Waals surface area contributed by atoms with Gasteiger partial charge in [0.15, 0.2) is 0 Å². The molecule has 18 heavy (non-hydrogen) atoms. The van der Waals surface area contributed by atoms with Gasteiger partial charge >= 0.3 is 0 Å². The van der Waals surface area contributed by atoms with Gasteiger partial charge in [-0.05, 0) is 44.2 Å². The van der Waals surface area contributed by atoms with E-state index in [0.29, 0.717) is 24.5 Å². The van der Waals surface area contributed by atoms with Crippen molar-refractivity contribution in [2.45, 2.75) is 51.6 Å². The minimum Gasteiger partial charge on any atom is -0.378 e. The Balaban J connectivity index is 1.51. The molecule has 4 heteroatoms. The van der Waals surface area contributed by atoms with Crippen molar-refractivity contribution in [1.82, 2.24) is 10.6 Å². The summed E-state index contributed by atoms with van der Waals surface area (Å²) in [7, 11) is 0. The lowest BCUT2D eigenvalue weighted by Crippen LogP contribution is -2.40. The van der Waals surface area contributed by atoms with Crippen molar-refractivity contribution >= 4 is 5.91 Å². The molecule has 1 saturated carbocycles. The standard InChI is InChI=1S/C14H26N2O2/c1-14(6-2-7-14)11-16-13(17)5-10-18-12-3-8-15-9-4-12/h12,15H,2-11H2,1H3,(H,16,17). The van der Waals surface area contributed by atoms with Crippen molar-refractivity contribution in [3.63, 3.8) is 0 Å². The third-order valence-corrected chi connectivity index (χ3v) is 4.24. The summed E-state index contributed by atoms with van der Waals surface area (Å²) in [6.45, 7) is 5.72. The van der Waals surface area contributed by atoms with Crippen LogP contribution in [-0.4, -0.2) is 38.3 Å². The first-order valence-corrected chi connectivity index (χ1v) is 7.27. The summed E-state index contributed by atoms with van der Waals surface area (Å²) in [5, 5.41) is 6.34. The van der Waals surface area contributed by atoms with E-state index in [1.54, 1.807) is 0 Å². The molecular formula is C14H26N2O2. The Bertz CT molecular complexity index is 271. The Kier molecular flexibility index (Phi) is 5.01. The number of hydrogen-bond donors (Lipinski definition) is 2. The zero-order valence-corrected chi connectivity index (χ0v) is 11.5. The van der Waals surface area contributed by atoms with Gasteiger partial charge in [0.1, 0.15) is 0 Å². The topological polar surface area (TPSA) is 50.4 Å². The molecule has 0 aromatic rings. The average Bonchev–Trinajstić information content (AvgIpc) is 2.35. The van der Waals surface area contributed by atoms with Crippen LogP contribution >= 0.6 is 0 Å². The van der Waals surface area contributed by atoms with Crippen LogP contribution in [0.15, 0.2) is 0 Å². The first kappa shape index (κ1) is 13.8. The first-order chi connectivity index (χ1) is 8.68. The van der Waals surface area contributed by atoms with Crippen molar-refractivity contribution in [2.24, 2.45) is 5.41 Å². The summed E-state index contributed by atoms with van der Waals surface area (Å²) in [5.41, 5.74) is 0.367. The molecule has 1 aliphatic carbocycles. The second-order valence-corrected chi connectivity index (χ2v) is 6.01. The molecule has 1 amide bonds. The fourth-order valence-corrected chi connectivity index (χ4v) is 2.64. The molecular weight excluding hydrogens is 228 g/mol. The average molecular weight is 254 g/mol. The Morgan fingerprint density at radius 1 is 1.39 bits per heavy atom. The smallest absolute Gasteiger partial charge is 0.222 e. The van der Waals surface area contributed by atoms with Gasteiger partial charge in [0.05, 0.1) is 12.7 Å². The molecule has 4 nitrogen and oxygen atoms in total. The molecule has 0 bridgehead atoms. The van der Waals surface area contributed by atoms with Crippen LogP contribution < -0.4 is 10.6 Å². The SMILES string of the molecule is CC1(CNC(=O)CCOC2CCNCC2)CCC1. The lowest BCUT2D eigenvalue weighted by molar-refractivity contribution is -0.123. The molecule has 104 valence electrons. The summed E-state index contributed by atoms with van der Waals surface area (Å²) in [6.07, 6.45) is 6.80. The summed E-state index contributed by atoms with van der Waals surface area (Å²) in [5.74, 6) is 0.136. The van der Waals surface area contributed by atoms with E-state index in [9.17, 15) is 4.79 Å². The van der Waals surface area contributed by atoms with Crippen molar-refractivity contribution in [3.05, 3.63) is 0 Å². The van der Waals surface area contributed by atoms with E-state index in [1.807, 2.05) is 0 Å². The molecule has 0 spiro atoms. The van der Waals surface area contributed by atoms with E-state index in [1.165, 1.54) is 19.3 Å². The molecule has 1 heterocycles. The van der Waals surface area contributed by atoms with Crippen molar-refractivity contribution in [2.75, 3.05) is 26.2 Å². The van der Waals surface area contributed by atoms with Crippen LogP contribution in [0.3, 0.4) is 0 Å². The maximum Gasteiger partial charge on any atom is 0.222 e. The van der Waals surface area contributed by atoms with Gasteiger partial charge in [0.2, 0.25) is 5.91 Å². The highest BCUT2D eigenvalue weighted by molar-refractivity contribution is 5.76. The molecule has 0 atom stereocenters. The van der Waals surface area contributed by atoms with Gasteiger partial charge in [-0.15, -0.1) is 0 Å². The summed E-state index contributed by atoms with van der Waals surface area (Å²) in [6, 6.07) is 0. The lowest BCUT2D eigenvalue weighted by Gasteiger charge is -2.38. The third-order valence-electron chi connectivity index (χ3n) is 4.24. The van der Waals surface area contributed by atoms with E-state index in [2.05, 4.69) is 17.6 Å². The van der Waals surface area contributed by atoms with Gasteiger partial charge in [0.25, 0.3) is 0 Å². The van der Waals surface area contributed by atoms with Crippen molar-refractivity contribution in [3.8, 4) is 0 Å². The maximum atomic E-state index is 11.7. The molecule has 2 aliphatic rings. The van der Waals surface area contributed by atoms with Crippen LogP contribution in [0.5, 0.6) is 0 Å². The molecule has 2 fully saturated rings. The minimum absolute atomic E-state index is 0.136. The number of carbonyl (C=O) groups excluding carboxylic acids is 1. The largest absolute Gasteiger partial charge is 0.378 e. The summed E-state index contributed by atoms with van der Waals surface area (Å²) < 4.78 is 5.73. The molecule has 1 aliphatic heterocycles. The summed E-state index contributed by atoms with van der Waals surface area (Å²) in [4.78, 5) is 11.7. The lowest BCUT2D eigenvalue weighted by atomic mass is 9.70. The first-order valence-electron chi connectivity index (χ1n) is 7.27. The second kappa shape index (κ2) is 6.53. The van der Waals surface area contributed by atoms with Gasteiger partial charge < -0.3 is 15.4 Å². The van der Waals surface area contributed by atoms with E-state index >= 15 is 0 Å². The van der Waals surface area contributed by atoms with Crippen LogP contribution in [0.25, 0.3) is 0 Å². The predicted molar refractivity (Wildman–Crippen MR) is 71.4 cm³/mol.